The molecule has 0 aromatic heterocycles. The molecule has 4 heteroatoms. The molecule has 0 aliphatic rings. The summed E-state index contributed by atoms with van der Waals surface area (Å²) in [5, 5.41) is 2.99. The summed E-state index contributed by atoms with van der Waals surface area (Å²) in [6.45, 7) is 9.71. The molecule has 0 saturated carbocycles. The van der Waals surface area contributed by atoms with E-state index in [9.17, 15) is 9.59 Å². The van der Waals surface area contributed by atoms with Crippen LogP contribution in [0, 0.1) is 0 Å². The van der Waals surface area contributed by atoms with Crippen LogP contribution in [0.5, 0.6) is 5.75 Å². The van der Waals surface area contributed by atoms with E-state index < -0.39 is 0 Å². The third kappa shape index (κ3) is 5.55. The van der Waals surface area contributed by atoms with E-state index in [1.807, 2.05) is 31.2 Å². The molecule has 0 atom stereocenters. The van der Waals surface area contributed by atoms with E-state index in [0.29, 0.717) is 24.2 Å². The molecule has 0 fully saturated rings. The third-order valence-electron chi connectivity index (χ3n) is 4.30. The van der Waals surface area contributed by atoms with Crippen molar-refractivity contribution in [2.45, 2.75) is 39.5 Å². The van der Waals surface area contributed by atoms with Crippen LogP contribution >= 0.6 is 0 Å². The van der Waals surface area contributed by atoms with E-state index in [-0.39, 0.29) is 24.2 Å². The first-order valence-corrected chi connectivity index (χ1v) is 9.24. The van der Waals surface area contributed by atoms with Gasteiger partial charge in [-0.2, -0.15) is 0 Å². The number of hydrogen-bond donors (Lipinski definition) is 1. The Hall–Kier alpha value is -2.88. The van der Waals surface area contributed by atoms with Gasteiger partial charge in [0.25, 0.3) is 5.91 Å². The summed E-state index contributed by atoms with van der Waals surface area (Å²) < 4.78 is 5.57. The van der Waals surface area contributed by atoms with Gasteiger partial charge in [-0.1, -0.05) is 45.0 Å². The van der Waals surface area contributed by atoms with E-state index in [4.69, 9.17) is 4.74 Å². The lowest BCUT2D eigenvalue weighted by atomic mass is 9.96. The van der Waals surface area contributed by atoms with Gasteiger partial charge in [0.2, 0.25) is 0 Å². The molecule has 0 unspecified atom stereocenters. The minimum atomic E-state index is -0.220. The maximum absolute atomic E-state index is 12.4. The van der Waals surface area contributed by atoms with Gasteiger partial charge >= 0.3 is 0 Å². The van der Waals surface area contributed by atoms with Crippen molar-refractivity contribution in [3.63, 3.8) is 0 Å². The van der Waals surface area contributed by atoms with Crippen molar-refractivity contribution in [2.24, 2.45) is 0 Å². The summed E-state index contributed by atoms with van der Waals surface area (Å²) in [6, 6.07) is 12.9. The second-order valence-corrected chi connectivity index (χ2v) is 6.67. The molecule has 2 aromatic rings. The molecule has 1 amide bonds. The van der Waals surface area contributed by atoms with Crippen LogP contribution < -0.4 is 10.1 Å². The van der Waals surface area contributed by atoms with Crippen molar-refractivity contribution in [3.05, 3.63) is 71.8 Å². The SMILES string of the molecule is C=CCc1cccc(C(C)C)c1NC(=O)COc1ccc(C(=O)CC)cc1. The molecule has 0 saturated heterocycles. The summed E-state index contributed by atoms with van der Waals surface area (Å²) in [5.41, 5.74) is 3.61. The van der Waals surface area contributed by atoms with Crippen LogP contribution in [0.25, 0.3) is 0 Å². The first kappa shape index (κ1) is 20.4. The number of ketones is 1. The smallest absolute Gasteiger partial charge is 0.262 e. The predicted octanol–water partition coefficient (Wildman–Crippen LogP) is 5.15. The van der Waals surface area contributed by atoms with Gasteiger partial charge in [0.05, 0.1) is 0 Å². The number of hydrogen-bond acceptors (Lipinski definition) is 3. The van der Waals surface area contributed by atoms with Crippen molar-refractivity contribution in [3.8, 4) is 5.75 Å². The average Bonchev–Trinajstić information content (AvgIpc) is 2.67. The molecule has 0 heterocycles. The number of allylic oxidation sites excluding steroid dienone is 1. The lowest BCUT2D eigenvalue weighted by Gasteiger charge is -2.18. The van der Waals surface area contributed by atoms with Gasteiger partial charge in [-0.05, 0) is 47.7 Å². The standard InChI is InChI=1S/C23H27NO3/c1-5-8-18-9-7-10-20(16(3)4)23(18)24-22(26)15-27-19-13-11-17(12-14-19)21(25)6-2/h5,7,9-14,16H,1,6,8,15H2,2-4H3,(H,24,26). The number of nitrogens with one attached hydrogen (secondary N) is 1. The number of carbonyl (C=O) groups excluding carboxylic acids is 2. The topological polar surface area (TPSA) is 55.4 Å². The van der Waals surface area contributed by atoms with E-state index in [0.717, 1.165) is 16.8 Å². The summed E-state index contributed by atoms with van der Waals surface area (Å²) in [4.78, 5) is 24.1. The number of Topliss-reactive ketones (excluding diaryl/α,β-unsaturated/α-hetero) is 1. The number of carbonyl (C=O) groups is 2. The maximum Gasteiger partial charge on any atom is 0.262 e. The van der Waals surface area contributed by atoms with Crippen LogP contribution in [0.1, 0.15) is 54.6 Å². The van der Waals surface area contributed by atoms with E-state index >= 15 is 0 Å². The highest BCUT2D eigenvalue weighted by atomic mass is 16.5. The summed E-state index contributed by atoms with van der Waals surface area (Å²) in [6.07, 6.45) is 2.97. The largest absolute Gasteiger partial charge is 0.484 e. The molecule has 0 spiro atoms. The predicted molar refractivity (Wildman–Crippen MR) is 110 cm³/mol. The Morgan fingerprint density at radius 3 is 2.44 bits per heavy atom. The normalized spacial score (nSPS) is 10.5. The Morgan fingerprint density at radius 1 is 1.15 bits per heavy atom. The number of para-hydroxylation sites is 1. The zero-order valence-corrected chi connectivity index (χ0v) is 16.2. The molecule has 4 nitrogen and oxygen atoms in total. The minimum absolute atomic E-state index is 0.0827. The molecule has 0 aliphatic carbocycles. The average molecular weight is 365 g/mol. The number of ether oxygens (including phenoxy) is 1. The van der Waals surface area contributed by atoms with Crippen LogP contribution in [0.3, 0.4) is 0 Å². The Balaban J connectivity index is 2.05. The van der Waals surface area contributed by atoms with Crippen molar-refractivity contribution >= 4 is 17.4 Å². The molecule has 0 radical (unpaired) electrons. The van der Waals surface area contributed by atoms with E-state index in [2.05, 4.69) is 25.7 Å². The maximum atomic E-state index is 12.4. The Morgan fingerprint density at radius 2 is 1.85 bits per heavy atom. The van der Waals surface area contributed by atoms with E-state index in [1.54, 1.807) is 24.3 Å². The zero-order valence-electron chi connectivity index (χ0n) is 16.2. The fourth-order valence-corrected chi connectivity index (χ4v) is 2.84. The summed E-state index contributed by atoms with van der Waals surface area (Å²) >= 11 is 0. The van der Waals surface area contributed by atoms with Crippen molar-refractivity contribution < 1.29 is 14.3 Å². The molecule has 2 rings (SSSR count). The van der Waals surface area contributed by atoms with Crippen LogP contribution in [-0.4, -0.2) is 18.3 Å². The monoisotopic (exact) mass is 365 g/mol. The van der Waals surface area contributed by atoms with Crippen LogP contribution in [-0.2, 0) is 11.2 Å². The molecular weight excluding hydrogens is 338 g/mol. The van der Waals surface area contributed by atoms with Crippen molar-refractivity contribution in [1.82, 2.24) is 0 Å². The molecule has 2 aromatic carbocycles. The quantitative estimate of drug-likeness (QED) is 0.494. The molecular formula is C23H27NO3. The van der Waals surface area contributed by atoms with E-state index in [1.165, 1.54) is 0 Å². The van der Waals surface area contributed by atoms with Gasteiger partial charge in [-0.15, -0.1) is 6.58 Å². The van der Waals surface area contributed by atoms with Crippen molar-refractivity contribution in [1.29, 1.82) is 0 Å². The molecule has 1 N–H and O–H groups in total. The lowest BCUT2D eigenvalue weighted by Crippen LogP contribution is -2.22. The molecule has 0 bridgehead atoms. The second kappa shape index (κ2) is 9.72. The molecule has 0 aliphatic heterocycles. The highest BCUT2D eigenvalue weighted by molar-refractivity contribution is 5.96. The van der Waals surface area contributed by atoms with Crippen LogP contribution in [0.15, 0.2) is 55.1 Å². The first-order chi connectivity index (χ1) is 13.0. The summed E-state index contributed by atoms with van der Waals surface area (Å²) in [5.74, 6) is 0.706. The second-order valence-electron chi connectivity index (χ2n) is 6.67. The molecule has 27 heavy (non-hydrogen) atoms. The van der Waals surface area contributed by atoms with Gasteiger partial charge < -0.3 is 10.1 Å². The third-order valence-corrected chi connectivity index (χ3v) is 4.30. The van der Waals surface area contributed by atoms with Crippen molar-refractivity contribution in [2.75, 3.05) is 11.9 Å². The fourth-order valence-electron chi connectivity index (χ4n) is 2.84. The molecule has 142 valence electrons. The first-order valence-electron chi connectivity index (χ1n) is 9.24. The Kier molecular flexibility index (Phi) is 7.35. The number of amides is 1. The highest BCUT2D eigenvalue weighted by Crippen LogP contribution is 2.28. The number of rotatable bonds is 9. The summed E-state index contributed by atoms with van der Waals surface area (Å²) in [7, 11) is 0. The highest BCUT2D eigenvalue weighted by Gasteiger charge is 2.14. The zero-order chi connectivity index (χ0) is 19.8. The van der Waals surface area contributed by atoms with Crippen LogP contribution in [0.2, 0.25) is 0 Å². The van der Waals surface area contributed by atoms with Gasteiger partial charge in [0.15, 0.2) is 12.4 Å². The number of anilines is 1. The number of benzene rings is 2. The Bertz CT molecular complexity index is 807. The minimum Gasteiger partial charge on any atom is -0.484 e. The fraction of sp³-hybridized carbons (Fsp3) is 0.304. The van der Waals surface area contributed by atoms with Crippen LogP contribution in [0.4, 0.5) is 5.69 Å². The van der Waals surface area contributed by atoms with Gasteiger partial charge in [-0.25, -0.2) is 0 Å². The van der Waals surface area contributed by atoms with Gasteiger partial charge in [-0.3, -0.25) is 9.59 Å². The Labute approximate surface area is 161 Å². The van der Waals surface area contributed by atoms with Gasteiger partial charge in [0, 0.05) is 17.7 Å². The lowest BCUT2D eigenvalue weighted by molar-refractivity contribution is -0.118. The van der Waals surface area contributed by atoms with Gasteiger partial charge in [0.1, 0.15) is 5.75 Å².